The first-order valence-corrected chi connectivity index (χ1v) is 10.5. The van der Waals surface area contributed by atoms with Gasteiger partial charge in [0.1, 0.15) is 0 Å². The molecule has 2 heterocycles. The maximum atomic E-state index is 12.0. The van der Waals surface area contributed by atoms with Crippen LogP contribution in [0.4, 0.5) is 5.69 Å². The van der Waals surface area contributed by atoms with Crippen LogP contribution in [-0.4, -0.2) is 35.9 Å². The maximum Gasteiger partial charge on any atom is 0.250 e. The van der Waals surface area contributed by atoms with Crippen molar-refractivity contribution in [2.75, 3.05) is 18.0 Å². The second-order valence-electron chi connectivity index (χ2n) is 8.38. The number of fused-ring (bicyclic) bond motifs is 3. The SMILES string of the molecule is CCC(=O)NC1CCCN(c2ccc(C(N)=O)c3[nH]c4c(c23)CCC(C)C4)C1. The number of carbonyl (C=O) groups excluding carboxylic acids is 2. The molecule has 2 unspecified atom stereocenters. The Morgan fingerprint density at radius 1 is 1.32 bits per heavy atom. The predicted octanol–water partition coefficient (Wildman–Crippen LogP) is 2.89. The van der Waals surface area contributed by atoms with Crippen molar-refractivity contribution in [3.8, 4) is 0 Å². The number of hydrogen-bond donors (Lipinski definition) is 3. The van der Waals surface area contributed by atoms with E-state index in [2.05, 4.69) is 22.1 Å². The second kappa shape index (κ2) is 7.49. The summed E-state index contributed by atoms with van der Waals surface area (Å²) < 4.78 is 0. The highest BCUT2D eigenvalue weighted by molar-refractivity contribution is 6.10. The fourth-order valence-electron chi connectivity index (χ4n) is 4.81. The van der Waals surface area contributed by atoms with E-state index < -0.39 is 5.91 Å². The Labute approximate surface area is 165 Å². The van der Waals surface area contributed by atoms with Gasteiger partial charge in [0.25, 0.3) is 5.91 Å². The average Bonchev–Trinajstić information content (AvgIpc) is 3.05. The first-order chi connectivity index (χ1) is 13.5. The van der Waals surface area contributed by atoms with E-state index in [1.165, 1.54) is 11.3 Å². The van der Waals surface area contributed by atoms with Gasteiger partial charge in [-0.2, -0.15) is 0 Å². The summed E-state index contributed by atoms with van der Waals surface area (Å²) in [6, 6.07) is 4.06. The van der Waals surface area contributed by atoms with Crippen LogP contribution >= 0.6 is 0 Å². The largest absolute Gasteiger partial charge is 0.369 e. The first kappa shape index (κ1) is 18.8. The maximum absolute atomic E-state index is 12.0. The monoisotopic (exact) mass is 382 g/mol. The lowest BCUT2D eigenvalue weighted by molar-refractivity contribution is -0.121. The molecule has 6 nitrogen and oxygen atoms in total. The van der Waals surface area contributed by atoms with Gasteiger partial charge in [-0.3, -0.25) is 9.59 Å². The summed E-state index contributed by atoms with van der Waals surface area (Å²) in [6.45, 7) is 5.91. The zero-order valence-corrected chi connectivity index (χ0v) is 16.8. The van der Waals surface area contributed by atoms with Crippen LogP contribution in [0.3, 0.4) is 0 Å². The molecule has 6 heteroatoms. The number of nitrogens with two attached hydrogens (primary N) is 1. The van der Waals surface area contributed by atoms with Gasteiger partial charge in [0, 0.05) is 42.3 Å². The van der Waals surface area contributed by atoms with Crippen molar-refractivity contribution in [2.24, 2.45) is 11.7 Å². The van der Waals surface area contributed by atoms with Crippen LogP contribution in [0.2, 0.25) is 0 Å². The van der Waals surface area contributed by atoms with E-state index in [0.717, 1.165) is 61.8 Å². The molecule has 4 N–H and O–H groups in total. The summed E-state index contributed by atoms with van der Waals surface area (Å²) >= 11 is 0. The molecule has 1 aliphatic heterocycles. The lowest BCUT2D eigenvalue weighted by atomic mass is 9.87. The number of H-pyrrole nitrogens is 1. The minimum absolute atomic E-state index is 0.106. The summed E-state index contributed by atoms with van der Waals surface area (Å²) in [5, 5.41) is 4.30. The summed E-state index contributed by atoms with van der Waals surface area (Å²) in [4.78, 5) is 29.8. The van der Waals surface area contributed by atoms with Crippen LogP contribution in [0.25, 0.3) is 10.9 Å². The number of primary amides is 1. The van der Waals surface area contributed by atoms with Crippen molar-refractivity contribution in [1.29, 1.82) is 0 Å². The highest BCUT2D eigenvalue weighted by Crippen LogP contribution is 2.39. The minimum atomic E-state index is -0.394. The molecule has 2 aliphatic rings. The van der Waals surface area contributed by atoms with E-state index in [1.54, 1.807) is 0 Å². The Balaban J connectivity index is 1.76. The molecular formula is C22H30N4O2. The number of amides is 2. The van der Waals surface area contributed by atoms with Gasteiger partial charge in [0.2, 0.25) is 5.91 Å². The molecule has 1 saturated heterocycles. The van der Waals surface area contributed by atoms with Gasteiger partial charge in [0.15, 0.2) is 0 Å². The number of rotatable bonds is 4. The highest BCUT2D eigenvalue weighted by Gasteiger charge is 2.28. The van der Waals surface area contributed by atoms with Crippen molar-refractivity contribution in [3.05, 3.63) is 29.0 Å². The number of aryl methyl sites for hydroxylation is 1. The molecule has 28 heavy (non-hydrogen) atoms. The van der Waals surface area contributed by atoms with Gasteiger partial charge >= 0.3 is 0 Å². The second-order valence-corrected chi connectivity index (χ2v) is 8.38. The number of piperidine rings is 1. The molecule has 1 aromatic carbocycles. The van der Waals surface area contributed by atoms with E-state index in [1.807, 2.05) is 19.1 Å². The molecule has 0 spiro atoms. The van der Waals surface area contributed by atoms with E-state index in [9.17, 15) is 9.59 Å². The van der Waals surface area contributed by atoms with Gasteiger partial charge < -0.3 is 20.9 Å². The summed E-state index contributed by atoms with van der Waals surface area (Å²) in [5.74, 6) is 0.355. The summed E-state index contributed by atoms with van der Waals surface area (Å²) in [7, 11) is 0. The number of aromatic amines is 1. The van der Waals surface area contributed by atoms with Crippen LogP contribution in [0.5, 0.6) is 0 Å². The Kier molecular flexibility index (Phi) is 5.04. The fourth-order valence-corrected chi connectivity index (χ4v) is 4.81. The van der Waals surface area contributed by atoms with Gasteiger partial charge in [-0.1, -0.05) is 13.8 Å². The lowest BCUT2D eigenvalue weighted by Crippen LogP contribution is -2.47. The third-order valence-corrected chi connectivity index (χ3v) is 6.28. The molecule has 1 fully saturated rings. The van der Waals surface area contributed by atoms with Crippen LogP contribution in [-0.2, 0) is 17.6 Å². The number of nitrogens with one attached hydrogen (secondary N) is 2. The summed E-state index contributed by atoms with van der Waals surface area (Å²) in [6.07, 6.45) is 5.75. The van der Waals surface area contributed by atoms with E-state index >= 15 is 0 Å². The van der Waals surface area contributed by atoms with E-state index in [-0.39, 0.29) is 11.9 Å². The van der Waals surface area contributed by atoms with Crippen molar-refractivity contribution in [2.45, 2.75) is 58.4 Å². The predicted molar refractivity (Wildman–Crippen MR) is 112 cm³/mol. The van der Waals surface area contributed by atoms with Gasteiger partial charge in [0.05, 0.1) is 11.1 Å². The molecule has 150 valence electrons. The zero-order valence-electron chi connectivity index (χ0n) is 16.8. The molecule has 4 rings (SSSR count). The Morgan fingerprint density at radius 3 is 2.89 bits per heavy atom. The molecule has 2 atom stereocenters. The van der Waals surface area contributed by atoms with Gasteiger partial charge in [-0.15, -0.1) is 0 Å². The Morgan fingerprint density at radius 2 is 2.14 bits per heavy atom. The summed E-state index contributed by atoms with van der Waals surface area (Å²) in [5.41, 5.74) is 10.8. The molecular weight excluding hydrogens is 352 g/mol. The quantitative estimate of drug-likeness (QED) is 0.759. The fraction of sp³-hybridized carbons (Fsp3) is 0.545. The van der Waals surface area contributed by atoms with Crippen LogP contribution in [0.15, 0.2) is 12.1 Å². The minimum Gasteiger partial charge on any atom is -0.369 e. The molecule has 1 aromatic heterocycles. The average molecular weight is 383 g/mol. The van der Waals surface area contributed by atoms with Crippen molar-refractivity contribution in [3.63, 3.8) is 0 Å². The normalized spacial score (nSPS) is 22.1. The van der Waals surface area contributed by atoms with Crippen molar-refractivity contribution < 1.29 is 9.59 Å². The van der Waals surface area contributed by atoms with Crippen molar-refractivity contribution in [1.82, 2.24) is 10.3 Å². The Hall–Kier alpha value is -2.50. The number of aromatic nitrogens is 1. The third kappa shape index (κ3) is 3.36. The smallest absolute Gasteiger partial charge is 0.250 e. The number of benzene rings is 1. The number of carbonyl (C=O) groups is 2. The molecule has 0 bridgehead atoms. The van der Waals surface area contributed by atoms with Crippen LogP contribution in [0, 0.1) is 5.92 Å². The zero-order chi connectivity index (χ0) is 19.8. The topological polar surface area (TPSA) is 91.2 Å². The third-order valence-electron chi connectivity index (χ3n) is 6.28. The Bertz CT molecular complexity index is 917. The highest BCUT2D eigenvalue weighted by atomic mass is 16.2. The molecule has 2 aromatic rings. The number of anilines is 1. The van der Waals surface area contributed by atoms with E-state index in [0.29, 0.717) is 17.9 Å². The molecule has 0 saturated carbocycles. The van der Waals surface area contributed by atoms with Crippen molar-refractivity contribution >= 4 is 28.4 Å². The van der Waals surface area contributed by atoms with Crippen LogP contribution < -0.4 is 16.0 Å². The molecule has 0 radical (unpaired) electrons. The lowest BCUT2D eigenvalue weighted by Gasteiger charge is -2.35. The molecule has 1 aliphatic carbocycles. The standard InChI is InChI=1S/C22H30N4O2/c1-3-19(27)24-14-5-4-10-26(12-14)18-9-8-16(22(23)28)21-20(18)15-7-6-13(2)11-17(15)25-21/h8-9,13-14,25H,3-7,10-12H2,1-2H3,(H2,23,28)(H,24,27). The number of hydrogen-bond acceptors (Lipinski definition) is 3. The van der Waals surface area contributed by atoms with Gasteiger partial charge in [-0.05, 0) is 55.7 Å². The van der Waals surface area contributed by atoms with Crippen LogP contribution in [0.1, 0.15) is 61.1 Å². The number of nitrogens with zero attached hydrogens (tertiary/aromatic N) is 1. The van der Waals surface area contributed by atoms with E-state index in [4.69, 9.17) is 5.73 Å². The van der Waals surface area contributed by atoms with Gasteiger partial charge in [-0.25, -0.2) is 0 Å². The first-order valence-electron chi connectivity index (χ1n) is 10.5. The molecule has 2 amide bonds.